The highest BCUT2D eigenvalue weighted by Gasteiger charge is 2.35. The Morgan fingerprint density at radius 3 is 2.47 bits per heavy atom. The van der Waals surface area contributed by atoms with E-state index in [9.17, 15) is 26.4 Å². The number of hydrogen-bond acceptors (Lipinski definition) is 6. The van der Waals surface area contributed by atoms with Gasteiger partial charge in [0, 0.05) is 60.3 Å². The fourth-order valence-corrected chi connectivity index (χ4v) is 7.50. The molecule has 8 nitrogen and oxygen atoms in total. The number of carbonyl (C=O) groups is 1. The van der Waals surface area contributed by atoms with Gasteiger partial charge in [-0.05, 0) is 66.4 Å². The normalized spacial score (nSPS) is 17.2. The number of amides is 1. The zero-order valence-electron chi connectivity index (χ0n) is 24.9. The summed E-state index contributed by atoms with van der Waals surface area (Å²) in [7, 11) is -3.81. The lowest BCUT2D eigenvalue weighted by atomic mass is 9.85. The van der Waals surface area contributed by atoms with Gasteiger partial charge in [0.25, 0.3) is 0 Å². The average molecular weight is 690 g/mol. The van der Waals surface area contributed by atoms with Crippen molar-refractivity contribution in [2.24, 2.45) is 5.73 Å². The molecule has 4 aromatic rings. The summed E-state index contributed by atoms with van der Waals surface area (Å²) in [6, 6.07) is 17.3. The van der Waals surface area contributed by atoms with Crippen LogP contribution < -0.4 is 16.4 Å². The Morgan fingerprint density at radius 1 is 1.04 bits per heavy atom. The van der Waals surface area contributed by atoms with Gasteiger partial charge >= 0.3 is 6.18 Å². The summed E-state index contributed by atoms with van der Waals surface area (Å²) in [5, 5.41) is 6.23. The van der Waals surface area contributed by atoms with Crippen LogP contribution in [0.4, 0.5) is 23.2 Å². The number of sulfonamides is 1. The van der Waals surface area contributed by atoms with Crippen molar-refractivity contribution in [3.8, 4) is 0 Å². The van der Waals surface area contributed by atoms with Crippen LogP contribution in [-0.4, -0.2) is 55.3 Å². The standard InChI is InChI=1S/C33H32ClF4N5O3S/c34-24-11-9-21(10-12-24)30(22-17-23(19-41-18-22)33(36,37)38)31(39)32(44)42-29-8-4-7-28(35)27(29)14-13-25-20-40-15-16-43(25)47(45,46)26-5-2-1-3-6-26/h1-12,17-19,25,30-31,40H,13-16,20,39H2,(H,42,44)/t25?,30-,31-/m0/s1. The predicted molar refractivity (Wildman–Crippen MR) is 171 cm³/mol. The minimum Gasteiger partial charge on any atom is -0.324 e. The van der Waals surface area contributed by atoms with E-state index in [4.69, 9.17) is 17.3 Å². The summed E-state index contributed by atoms with van der Waals surface area (Å²) >= 11 is 6.03. The fraction of sp³-hybridized carbons (Fsp3) is 0.273. The first-order valence-electron chi connectivity index (χ1n) is 14.8. The monoisotopic (exact) mass is 689 g/mol. The lowest BCUT2D eigenvalue weighted by Crippen LogP contribution is -2.53. The fourth-order valence-electron chi connectivity index (χ4n) is 5.70. The Morgan fingerprint density at radius 2 is 1.77 bits per heavy atom. The number of benzene rings is 3. The minimum atomic E-state index is -4.68. The summed E-state index contributed by atoms with van der Waals surface area (Å²) in [6.45, 7) is 1.03. The summed E-state index contributed by atoms with van der Waals surface area (Å²) in [4.78, 5) is 17.5. The molecule has 0 spiro atoms. The number of nitrogens with zero attached hydrogens (tertiary/aromatic N) is 2. The van der Waals surface area contributed by atoms with Crippen molar-refractivity contribution in [3.63, 3.8) is 0 Å². The van der Waals surface area contributed by atoms with Crippen LogP contribution >= 0.6 is 11.6 Å². The molecule has 1 aliphatic rings. The second-order valence-corrected chi connectivity index (χ2v) is 13.5. The number of carbonyl (C=O) groups excluding carboxylic acids is 1. The van der Waals surface area contributed by atoms with Crippen molar-refractivity contribution in [1.82, 2.24) is 14.6 Å². The first-order valence-corrected chi connectivity index (χ1v) is 16.6. The molecule has 1 aromatic heterocycles. The number of aromatic nitrogens is 1. The van der Waals surface area contributed by atoms with E-state index < -0.39 is 51.5 Å². The van der Waals surface area contributed by atoms with Gasteiger partial charge < -0.3 is 16.4 Å². The average Bonchev–Trinajstić information content (AvgIpc) is 3.05. The van der Waals surface area contributed by atoms with Gasteiger partial charge in [-0.2, -0.15) is 17.5 Å². The number of nitrogens with two attached hydrogens (primary N) is 1. The molecule has 14 heteroatoms. The molecule has 0 saturated carbocycles. The molecule has 1 amide bonds. The predicted octanol–water partition coefficient (Wildman–Crippen LogP) is 5.59. The van der Waals surface area contributed by atoms with Crippen LogP contribution in [0, 0.1) is 5.82 Å². The molecule has 0 aliphatic carbocycles. The maximum Gasteiger partial charge on any atom is 0.417 e. The molecule has 2 heterocycles. The zero-order chi connectivity index (χ0) is 33.8. The SMILES string of the molecule is N[C@H](C(=O)Nc1cccc(F)c1CCC1CNCCN1S(=O)(=O)c1ccccc1)[C@@H](c1ccc(Cl)cc1)c1cncc(C(F)(F)F)c1. The maximum absolute atomic E-state index is 15.3. The minimum absolute atomic E-state index is 0.0498. The number of pyridine rings is 1. The highest BCUT2D eigenvalue weighted by Crippen LogP contribution is 2.34. The zero-order valence-corrected chi connectivity index (χ0v) is 26.5. The molecule has 3 aromatic carbocycles. The number of nitrogens with one attached hydrogen (secondary N) is 2. The first-order chi connectivity index (χ1) is 22.4. The lowest BCUT2D eigenvalue weighted by Gasteiger charge is -2.35. The highest BCUT2D eigenvalue weighted by atomic mass is 35.5. The topological polar surface area (TPSA) is 117 Å². The van der Waals surface area contributed by atoms with Crippen LogP contribution in [-0.2, 0) is 27.4 Å². The van der Waals surface area contributed by atoms with Crippen LogP contribution in [0.25, 0.3) is 0 Å². The van der Waals surface area contributed by atoms with Crippen LogP contribution in [0.3, 0.4) is 0 Å². The number of hydrogen-bond donors (Lipinski definition) is 3. The quantitative estimate of drug-likeness (QED) is 0.187. The van der Waals surface area contributed by atoms with E-state index in [1.165, 1.54) is 53.0 Å². The third-order valence-electron chi connectivity index (χ3n) is 8.09. The van der Waals surface area contributed by atoms with Crippen LogP contribution in [0.15, 0.2) is 96.2 Å². The molecular formula is C33H32ClF4N5O3S. The molecule has 248 valence electrons. The molecule has 1 fully saturated rings. The van der Waals surface area contributed by atoms with Crippen molar-refractivity contribution in [2.75, 3.05) is 25.0 Å². The molecule has 3 atom stereocenters. The molecule has 4 N–H and O–H groups in total. The lowest BCUT2D eigenvalue weighted by molar-refractivity contribution is -0.137. The van der Waals surface area contributed by atoms with Crippen molar-refractivity contribution in [1.29, 1.82) is 0 Å². The Bertz CT molecular complexity index is 1810. The molecule has 1 aliphatic heterocycles. The maximum atomic E-state index is 15.3. The summed E-state index contributed by atoms with van der Waals surface area (Å²) in [5.74, 6) is -2.46. The molecular weight excluding hydrogens is 658 g/mol. The molecule has 1 saturated heterocycles. The Kier molecular flexibility index (Phi) is 10.6. The smallest absolute Gasteiger partial charge is 0.324 e. The summed E-state index contributed by atoms with van der Waals surface area (Å²) < 4.78 is 84.2. The van der Waals surface area contributed by atoms with E-state index in [-0.39, 0.29) is 41.1 Å². The van der Waals surface area contributed by atoms with Gasteiger partial charge in [-0.3, -0.25) is 9.78 Å². The van der Waals surface area contributed by atoms with E-state index in [1.54, 1.807) is 30.3 Å². The second-order valence-electron chi connectivity index (χ2n) is 11.1. The first kappa shape index (κ1) is 34.5. The van der Waals surface area contributed by atoms with Gasteiger partial charge in [0.1, 0.15) is 5.82 Å². The van der Waals surface area contributed by atoms with Crippen molar-refractivity contribution in [3.05, 3.63) is 124 Å². The van der Waals surface area contributed by atoms with E-state index in [1.807, 2.05) is 0 Å². The number of anilines is 1. The molecule has 5 rings (SSSR count). The number of alkyl halides is 3. The van der Waals surface area contributed by atoms with Crippen molar-refractivity contribution in [2.45, 2.75) is 41.9 Å². The van der Waals surface area contributed by atoms with Gasteiger partial charge in [-0.25, -0.2) is 12.8 Å². The van der Waals surface area contributed by atoms with Crippen LogP contribution in [0.1, 0.15) is 34.6 Å². The number of halogens is 5. The van der Waals surface area contributed by atoms with E-state index in [0.717, 1.165) is 6.07 Å². The third-order valence-corrected chi connectivity index (χ3v) is 10.3. The van der Waals surface area contributed by atoms with E-state index in [2.05, 4.69) is 15.6 Å². The van der Waals surface area contributed by atoms with Crippen LogP contribution in [0.5, 0.6) is 0 Å². The van der Waals surface area contributed by atoms with Crippen molar-refractivity contribution < 1.29 is 30.8 Å². The Labute approximate surface area is 275 Å². The third kappa shape index (κ3) is 7.99. The second kappa shape index (κ2) is 14.5. The Balaban J connectivity index is 1.39. The molecule has 0 radical (unpaired) electrons. The van der Waals surface area contributed by atoms with Gasteiger partial charge in [0.2, 0.25) is 15.9 Å². The molecule has 0 bridgehead atoms. The van der Waals surface area contributed by atoms with Crippen LogP contribution in [0.2, 0.25) is 5.02 Å². The van der Waals surface area contributed by atoms with Crippen molar-refractivity contribution >= 4 is 33.2 Å². The van der Waals surface area contributed by atoms with Gasteiger partial charge in [0.15, 0.2) is 0 Å². The molecule has 47 heavy (non-hydrogen) atoms. The largest absolute Gasteiger partial charge is 0.417 e. The highest BCUT2D eigenvalue weighted by molar-refractivity contribution is 7.89. The summed E-state index contributed by atoms with van der Waals surface area (Å²) in [5.41, 5.74) is 6.16. The van der Waals surface area contributed by atoms with Gasteiger partial charge in [-0.1, -0.05) is 48.0 Å². The number of rotatable bonds is 10. The molecule has 1 unspecified atom stereocenters. The number of piperazine rings is 1. The summed E-state index contributed by atoms with van der Waals surface area (Å²) in [6.07, 6.45) is -2.48. The van der Waals surface area contributed by atoms with Gasteiger partial charge in [-0.15, -0.1) is 0 Å². The van der Waals surface area contributed by atoms with Gasteiger partial charge in [0.05, 0.1) is 16.5 Å². The van der Waals surface area contributed by atoms with E-state index >= 15 is 4.39 Å². The Hall–Kier alpha value is -3.88. The van der Waals surface area contributed by atoms with E-state index in [0.29, 0.717) is 29.9 Å².